The fourth-order valence-electron chi connectivity index (χ4n) is 1.62. The van der Waals surface area contributed by atoms with Crippen molar-refractivity contribution in [1.29, 1.82) is 0 Å². The van der Waals surface area contributed by atoms with Gasteiger partial charge in [-0.25, -0.2) is 5.43 Å². The second-order valence-corrected chi connectivity index (χ2v) is 4.22. The first-order valence-electron chi connectivity index (χ1n) is 6.07. The number of rotatable bonds is 4. The molecule has 0 aliphatic carbocycles. The normalized spacial score (nSPS) is 10.5. The van der Waals surface area contributed by atoms with Gasteiger partial charge in [0.05, 0.1) is 11.1 Å². The van der Waals surface area contributed by atoms with E-state index in [0.29, 0.717) is 11.1 Å². The Kier molecular flexibility index (Phi) is 4.35. The second kappa shape index (κ2) is 6.38. The van der Waals surface area contributed by atoms with Gasteiger partial charge in [-0.05, 0) is 19.1 Å². The first-order valence-corrected chi connectivity index (χ1v) is 6.07. The molecule has 7 nitrogen and oxygen atoms in total. The van der Waals surface area contributed by atoms with E-state index in [1.807, 2.05) is 0 Å². The molecule has 2 rings (SSSR count). The fourth-order valence-corrected chi connectivity index (χ4v) is 1.62. The summed E-state index contributed by atoms with van der Waals surface area (Å²) in [5.41, 5.74) is 3.64. The van der Waals surface area contributed by atoms with Crippen LogP contribution >= 0.6 is 0 Å². The summed E-state index contributed by atoms with van der Waals surface area (Å²) in [6, 6.07) is 9.65. The minimum atomic E-state index is -0.459. The zero-order valence-electron chi connectivity index (χ0n) is 11.2. The number of carbonyl (C=O) groups is 1. The van der Waals surface area contributed by atoms with Crippen LogP contribution in [0.5, 0.6) is 0 Å². The fraction of sp³-hybridized carbons (Fsp3) is 0.0714. The molecule has 1 amide bonds. The maximum atomic E-state index is 11.7. The lowest BCUT2D eigenvalue weighted by Crippen LogP contribution is -2.18. The minimum Gasteiger partial charge on any atom is -0.266 e. The monoisotopic (exact) mass is 284 g/mol. The zero-order valence-corrected chi connectivity index (χ0v) is 11.2. The van der Waals surface area contributed by atoms with Gasteiger partial charge in [0, 0.05) is 23.4 Å². The molecular weight excluding hydrogens is 272 g/mol. The number of amides is 1. The average Bonchev–Trinajstić information content (AvgIpc) is 2.49. The summed E-state index contributed by atoms with van der Waals surface area (Å²) in [4.78, 5) is 25.9. The number of nitro benzene ring substituents is 1. The van der Waals surface area contributed by atoms with Crippen molar-refractivity contribution in [3.05, 3.63) is 69.5 Å². The molecule has 2 aromatic rings. The quantitative estimate of drug-likeness (QED) is 0.528. The van der Waals surface area contributed by atoms with Gasteiger partial charge in [0.25, 0.3) is 11.6 Å². The Bertz CT molecular complexity index is 699. The molecule has 0 unspecified atom stereocenters. The summed E-state index contributed by atoms with van der Waals surface area (Å²) in [6.07, 6.45) is 2.84. The molecule has 1 aromatic carbocycles. The first kappa shape index (κ1) is 14.3. The number of hydrogen-bond acceptors (Lipinski definition) is 5. The standard InChI is InChI=1S/C14H12N4O3/c1-10-5-6-11(8-13(10)18(20)21)9-16-17-14(19)12-4-2-3-7-15-12/h2-9H,1H3,(H,17,19)/b16-9-. The van der Waals surface area contributed by atoms with Gasteiger partial charge in [-0.2, -0.15) is 5.10 Å². The van der Waals surface area contributed by atoms with Gasteiger partial charge in [-0.3, -0.25) is 19.9 Å². The number of benzene rings is 1. The molecule has 0 aliphatic heterocycles. The van der Waals surface area contributed by atoms with E-state index < -0.39 is 10.8 Å². The van der Waals surface area contributed by atoms with Gasteiger partial charge >= 0.3 is 0 Å². The highest BCUT2D eigenvalue weighted by Gasteiger charge is 2.10. The van der Waals surface area contributed by atoms with Crippen molar-refractivity contribution in [2.75, 3.05) is 0 Å². The number of nitrogens with zero attached hydrogens (tertiary/aromatic N) is 3. The summed E-state index contributed by atoms with van der Waals surface area (Å²) in [7, 11) is 0. The number of hydrogen-bond donors (Lipinski definition) is 1. The molecule has 1 heterocycles. The van der Waals surface area contributed by atoms with E-state index in [4.69, 9.17) is 0 Å². The topological polar surface area (TPSA) is 97.5 Å². The van der Waals surface area contributed by atoms with E-state index in [-0.39, 0.29) is 11.4 Å². The molecule has 0 spiro atoms. The number of aryl methyl sites for hydroxylation is 1. The molecule has 0 aliphatic rings. The van der Waals surface area contributed by atoms with E-state index in [1.54, 1.807) is 37.3 Å². The van der Waals surface area contributed by atoms with E-state index >= 15 is 0 Å². The van der Waals surface area contributed by atoms with Crippen molar-refractivity contribution < 1.29 is 9.72 Å². The second-order valence-electron chi connectivity index (χ2n) is 4.22. The highest BCUT2D eigenvalue weighted by Crippen LogP contribution is 2.18. The van der Waals surface area contributed by atoms with Crippen LogP contribution in [0.3, 0.4) is 0 Å². The third-order valence-electron chi connectivity index (χ3n) is 2.71. The molecule has 0 saturated heterocycles. The van der Waals surface area contributed by atoms with Crippen LogP contribution in [0.1, 0.15) is 21.6 Å². The lowest BCUT2D eigenvalue weighted by molar-refractivity contribution is -0.385. The smallest absolute Gasteiger partial charge is 0.266 e. The van der Waals surface area contributed by atoms with Gasteiger partial charge in [0.15, 0.2) is 0 Å². The molecule has 0 bridgehead atoms. The largest absolute Gasteiger partial charge is 0.289 e. The number of pyridine rings is 1. The van der Waals surface area contributed by atoms with Gasteiger partial charge < -0.3 is 0 Å². The predicted octanol–water partition coefficient (Wildman–Crippen LogP) is 2.06. The summed E-state index contributed by atoms with van der Waals surface area (Å²) in [6.45, 7) is 1.65. The molecule has 1 aromatic heterocycles. The Labute approximate surface area is 120 Å². The molecule has 106 valence electrons. The molecule has 0 atom stereocenters. The highest BCUT2D eigenvalue weighted by molar-refractivity contribution is 5.93. The van der Waals surface area contributed by atoms with Crippen LogP contribution in [0.2, 0.25) is 0 Å². The first-order chi connectivity index (χ1) is 10.1. The molecule has 0 radical (unpaired) electrons. The Morgan fingerprint density at radius 3 is 2.86 bits per heavy atom. The third kappa shape index (κ3) is 3.69. The van der Waals surface area contributed by atoms with Crippen molar-refractivity contribution >= 4 is 17.8 Å². The molecule has 0 saturated carbocycles. The van der Waals surface area contributed by atoms with Crippen LogP contribution in [-0.2, 0) is 0 Å². The number of nitro groups is 1. The summed E-state index contributed by atoms with van der Waals surface area (Å²) < 4.78 is 0. The van der Waals surface area contributed by atoms with E-state index in [0.717, 1.165) is 0 Å². The van der Waals surface area contributed by atoms with Crippen molar-refractivity contribution in [3.8, 4) is 0 Å². The van der Waals surface area contributed by atoms with Crippen LogP contribution in [0.25, 0.3) is 0 Å². The Morgan fingerprint density at radius 1 is 1.38 bits per heavy atom. The van der Waals surface area contributed by atoms with E-state index in [9.17, 15) is 14.9 Å². The maximum Gasteiger partial charge on any atom is 0.289 e. The maximum absolute atomic E-state index is 11.7. The lowest BCUT2D eigenvalue weighted by atomic mass is 10.1. The van der Waals surface area contributed by atoms with Gasteiger partial charge in [0.2, 0.25) is 0 Å². The van der Waals surface area contributed by atoms with E-state index in [1.165, 1.54) is 18.5 Å². The summed E-state index contributed by atoms with van der Waals surface area (Å²) >= 11 is 0. The number of hydrazone groups is 1. The van der Waals surface area contributed by atoms with Crippen molar-refractivity contribution in [1.82, 2.24) is 10.4 Å². The molecule has 1 N–H and O–H groups in total. The Morgan fingerprint density at radius 2 is 2.19 bits per heavy atom. The zero-order chi connectivity index (χ0) is 15.2. The van der Waals surface area contributed by atoms with Crippen molar-refractivity contribution in [2.45, 2.75) is 6.92 Å². The summed E-state index contributed by atoms with van der Waals surface area (Å²) in [5.74, 6) is -0.450. The van der Waals surface area contributed by atoms with Crippen molar-refractivity contribution in [2.24, 2.45) is 5.10 Å². The van der Waals surface area contributed by atoms with E-state index in [2.05, 4.69) is 15.5 Å². The number of nitrogens with one attached hydrogen (secondary N) is 1. The molecule has 7 heteroatoms. The van der Waals surface area contributed by atoms with Crippen molar-refractivity contribution in [3.63, 3.8) is 0 Å². The minimum absolute atomic E-state index is 0.00926. The van der Waals surface area contributed by atoms with Crippen LogP contribution in [0, 0.1) is 17.0 Å². The number of aromatic nitrogens is 1. The Balaban J connectivity index is 2.07. The van der Waals surface area contributed by atoms with Crippen LogP contribution in [-0.4, -0.2) is 22.0 Å². The van der Waals surface area contributed by atoms with Crippen LogP contribution < -0.4 is 5.43 Å². The predicted molar refractivity (Wildman–Crippen MR) is 77.1 cm³/mol. The van der Waals surface area contributed by atoms with Gasteiger partial charge in [-0.15, -0.1) is 0 Å². The summed E-state index contributed by atoms with van der Waals surface area (Å²) in [5, 5.41) is 14.6. The molecule has 21 heavy (non-hydrogen) atoms. The lowest BCUT2D eigenvalue weighted by Gasteiger charge is -1.99. The average molecular weight is 284 g/mol. The van der Waals surface area contributed by atoms with Gasteiger partial charge in [-0.1, -0.05) is 18.2 Å². The van der Waals surface area contributed by atoms with Gasteiger partial charge in [0.1, 0.15) is 5.69 Å². The highest BCUT2D eigenvalue weighted by atomic mass is 16.6. The third-order valence-corrected chi connectivity index (χ3v) is 2.71. The van der Waals surface area contributed by atoms with Crippen LogP contribution in [0.4, 0.5) is 5.69 Å². The SMILES string of the molecule is Cc1ccc(/C=N\NC(=O)c2ccccn2)cc1[N+](=O)[O-]. The molecule has 0 fully saturated rings. The molecular formula is C14H12N4O3. The Hall–Kier alpha value is -3.09. The number of carbonyl (C=O) groups excluding carboxylic acids is 1. The van der Waals surface area contributed by atoms with Crippen LogP contribution in [0.15, 0.2) is 47.7 Å².